The third kappa shape index (κ3) is 2.64. The smallest absolute Gasteiger partial charge is 0.165 e. The lowest BCUT2D eigenvalue weighted by Gasteiger charge is -2.05. The Kier molecular flexibility index (Phi) is 3.29. The molecule has 0 fully saturated rings. The third-order valence-electron chi connectivity index (χ3n) is 2.06. The van der Waals surface area contributed by atoms with Crippen molar-refractivity contribution in [1.29, 1.82) is 0 Å². The first-order valence-corrected chi connectivity index (χ1v) is 5.57. The summed E-state index contributed by atoms with van der Waals surface area (Å²) >= 11 is 3.26. The summed E-state index contributed by atoms with van der Waals surface area (Å²) in [6.07, 6.45) is 0. The van der Waals surface area contributed by atoms with Gasteiger partial charge in [-0.15, -0.1) is 0 Å². The molecule has 0 bridgehead atoms. The van der Waals surface area contributed by atoms with Crippen molar-refractivity contribution in [1.82, 2.24) is 0 Å². The Balaban J connectivity index is 2.07. The van der Waals surface area contributed by atoms with Crippen LogP contribution < -0.4 is 4.74 Å². The van der Waals surface area contributed by atoms with Crippen molar-refractivity contribution in [2.24, 2.45) is 0 Å². The van der Waals surface area contributed by atoms with Gasteiger partial charge >= 0.3 is 0 Å². The van der Waals surface area contributed by atoms with Crippen molar-refractivity contribution in [3.8, 4) is 5.75 Å². The molecule has 84 valence electrons. The zero-order valence-electron chi connectivity index (χ0n) is 8.67. The minimum Gasteiger partial charge on any atom is -0.483 e. The van der Waals surface area contributed by atoms with Gasteiger partial charge in [-0.3, -0.25) is 0 Å². The van der Waals surface area contributed by atoms with Crippen LogP contribution in [0.15, 0.2) is 39.2 Å². The average molecular weight is 285 g/mol. The number of halogens is 2. The summed E-state index contributed by atoms with van der Waals surface area (Å²) in [5.74, 6) is 1.32. The second-order valence-electron chi connectivity index (χ2n) is 3.38. The number of hydrogen-bond acceptors (Lipinski definition) is 2. The maximum Gasteiger partial charge on any atom is 0.165 e. The Hall–Kier alpha value is -1.29. The zero-order chi connectivity index (χ0) is 11.5. The van der Waals surface area contributed by atoms with E-state index in [-0.39, 0.29) is 18.2 Å². The van der Waals surface area contributed by atoms with Crippen molar-refractivity contribution in [3.05, 3.63) is 52.1 Å². The normalized spacial score (nSPS) is 10.4. The Morgan fingerprint density at radius 1 is 1.31 bits per heavy atom. The van der Waals surface area contributed by atoms with Crippen LogP contribution in [0.4, 0.5) is 4.39 Å². The molecule has 2 nitrogen and oxygen atoms in total. The fourth-order valence-corrected chi connectivity index (χ4v) is 1.64. The minimum absolute atomic E-state index is 0.212. The molecule has 0 spiro atoms. The highest BCUT2D eigenvalue weighted by atomic mass is 79.9. The lowest BCUT2D eigenvalue weighted by atomic mass is 10.3. The van der Waals surface area contributed by atoms with Crippen LogP contribution in [-0.4, -0.2) is 0 Å². The Bertz CT molecular complexity index is 494. The maximum absolute atomic E-state index is 13.3. The van der Waals surface area contributed by atoms with Gasteiger partial charge in [0.25, 0.3) is 0 Å². The second kappa shape index (κ2) is 4.70. The highest BCUT2D eigenvalue weighted by Gasteiger charge is 2.05. The predicted octanol–water partition coefficient (Wildman–Crippen LogP) is 4.07. The van der Waals surface area contributed by atoms with E-state index >= 15 is 0 Å². The Morgan fingerprint density at radius 2 is 2.12 bits per heavy atom. The number of hydrogen-bond donors (Lipinski definition) is 0. The van der Waals surface area contributed by atoms with Crippen LogP contribution >= 0.6 is 15.9 Å². The number of aryl methyl sites for hydroxylation is 1. The average Bonchev–Trinajstić information content (AvgIpc) is 2.66. The molecule has 2 aromatic rings. The summed E-state index contributed by atoms with van der Waals surface area (Å²) in [5, 5.41) is 0. The van der Waals surface area contributed by atoms with Crippen molar-refractivity contribution < 1.29 is 13.5 Å². The van der Waals surface area contributed by atoms with E-state index in [1.54, 1.807) is 12.1 Å². The summed E-state index contributed by atoms with van der Waals surface area (Å²) in [7, 11) is 0. The van der Waals surface area contributed by atoms with Crippen molar-refractivity contribution in [2.45, 2.75) is 13.5 Å². The van der Waals surface area contributed by atoms with Gasteiger partial charge in [-0.1, -0.05) is 15.9 Å². The van der Waals surface area contributed by atoms with Gasteiger partial charge in [-0.05, 0) is 37.3 Å². The molecule has 0 N–H and O–H groups in total. The van der Waals surface area contributed by atoms with Gasteiger partial charge in [0.15, 0.2) is 11.6 Å². The molecule has 1 heterocycles. The second-order valence-corrected chi connectivity index (χ2v) is 4.29. The largest absolute Gasteiger partial charge is 0.483 e. The molecule has 1 aromatic carbocycles. The molecule has 0 aliphatic heterocycles. The SMILES string of the molecule is Cc1ccc(COc2cc(Br)ccc2F)o1. The molecule has 1 aromatic heterocycles. The monoisotopic (exact) mass is 284 g/mol. The van der Waals surface area contributed by atoms with Crippen LogP contribution in [0.5, 0.6) is 5.75 Å². The first-order chi connectivity index (χ1) is 7.65. The quantitative estimate of drug-likeness (QED) is 0.848. The van der Waals surface area contributed by atoms with Gasteiger partial charge in [0.2, 0.25) is 0 Å². The van der Waals surface area contributed by atoms with Gasteiger partial charge in [0.05, 0.1) is 0 Å². The molecular formula is C12H10BrFO2. The summed E-state index contributed by atoms with van der Waals surface area (Å²) in [6.45, 7) is 2.07. The zero-order valence-corrected chi connectivity index (χ0v) is 10.3. The topological polar surface area (TPSA) is 22.4 Å². The third-order valence-corrected chi connectivity index (χ3v) is 2.55. The van der Waals surface area contributed by atoms with Gasteiger partial charge in [-0.2, -0.15) is 0 Å². The minimum atomic E-state index is -0.383. The summed E-state index contributed by atoms with van der Waals surface area (Å²) < 4.78 is 24.7. The number of ether oxygens (including phenoxy) is 1. The Labute approximate surface area is 101 Å². The van der Waals surface area contributed by atoms with E-state index in [0.717, 1.165) is 10.2 Å². The van der Waals surface area contributed by atoms with Crippen LogP contribution in [0.2, 0.25) is 0 Å². The van der Waals surface area contributed by atoms with Crippen LogP contribution in [0.3, 0.4) is 0 Å². The molecule has 0 saturated heterocycles. The fourth-order valence-electron chi connectivity index (χ4n) is 1.30. The molecule has 0 aliphatic carbocycles. The number of furan rings is 1. The van der Waals surface area contributed by atoms with E-state index in [1.165, 1.54) is 6.07 Å². The van der Waals surface area contributed by atoms with Crippen molar-refractivity contribution in [3.63, 3.8) is 0 Å². The van der Waals surface area contributed by atoms with E-state index in [2.05, 4.69) is 15.9 Å². The lowest BCUT2D eigenvalue weighted by Crippen LogP contribution is -1.96. The first-order valence-electron chi connectivity index (χ1n) is 4.78. The van der Waals surface area contributed by atoms with Gasteiger partial charge in [0, 0.05) is 4.47 Å². The van der Waals surface area contributed by atoms with Crippen LogP contribution in [0.25, 0.3) is 0 Å². The molecule has 16 heavy (non-hydrogen) atoms. The summed E-state index contributed by atoms with van der Waals surface area (Å²) in [4.78, 5) is 0. The van der Waals surface area contributed by atoms with Crippen molar-refractivity contribution >= 4 is 15.9 Å². The Morgan fingerprint density at radius 3 is 2.81 bits per heavy atom. The van der Waals surface area contributed by atoms with Crippen LogP contribution in [0.1, 0.15) is 11.5 Å². The first kappa shape index (κ1) is 11.2. The molecule has 2 rings (SSSR count). The predicted molar refractivity (Wildman–Crippen MR) is 61.9 cm³/mol. The van der Waals surface area contributed by atoms with Gasteiger partial charge in [-0.25, -0.2) is 4.39 Å². The molecule has 0 atom stereocenters. The summed E-state index contributed by atoms with van der Waals surface area (Å²) in [6, 6.07) is 8.22. The lowest BCUT2D eigenvalue weighted by molar-refractivity contribution is 0.256. The highest BCUT2D eigenvalue weighted by molar-refractivity contribution is 9.10. The highest BCUT2D eigenvalue weighted by Crippen LogP contribution is 2.23. The summed E-state index contributed by atoms with van der Waals surface area (Å²) in [5.41, 5.74) is 0. The molecule has 4 heteroatoms. The van der Waals surface area contributed by atoms with E-state index in [1.807, 2.05) is 19.1 Å². The molecule has 0 amide bonds. The maximum atomic E-state index is 13.3. The molecule has 0 unspecified atom stereocenters. The molecule has 0 radical (unpaired) electrons. The molecule has 0 saturated carbocycles. The molecule has 0 aliphatic rings. The van der Waals surface area contributed by atoms with E-state index in [0.29, 0.717) is 5.76 Å². The van der Waals surface area contributed by atoms with E-state index in [9.17, 15) is 4.39 Å². The van der Waals surface area contributed by atoms with Gasteiger partial charge in [0.1, 0.15) is 18.1 Å². The van der Waals surface area contributed by atoms with Crippen LogP contribution in [-0.2, 0) is 6.61 Å². The van der Waals surface area contributed by atoms with Crippen LogP contribution in [0, 0.1) is 12.7 Å². The van der Waals surface area contributed by atoms with Gasteiger partial charge < -0.3 is 9.15 Å². The van der Waals surface area contributed by atoms with E-state index in [4.69, 9.17) is 9.15 Å². The standard InChI is InChI=1S/C12H10BrFO2/c1-8-2-4-10(16-8)7-15-12-6-9(13)3-5-11(12)14/h2-6H,7H2,1H3. The fraction of sp³-hybridized carbons (Fsp3) is 0.167. The van der Waals surface area contributed by atoms with E-state index < -0.39 is 0 Å². The number of rotatable bonds is 3. The number of benzene rings is 1. The molecular weight excluding hydrogens is 275 g/mol. The van der Waals surface area contributed by atoms with Crippen molar-refractivity contribution in [2.75, 3.05) is 0 Å².